The number of likely N-dealkylation sites (N-methyl/N-ethyl adjacent to an activating group) is 1. The Morgan fingerprint density at radius 3 is 2.35 bits per heavy atom. The van der Waals surface area contributed by atoms with Crippen LogP contribution in [0, 0.1) is 5.92 Å². The fourth-order valence-corrected chi connectivity index (χ4v) is 5.09. The van der Waals surface area contributed by atoms with Crippen LogP contribution in [0.15, 0.2) is 54.6 Å². The maximum absolute atomic E-state index is 13.4. The van der Waals surface area contributed by atoms with Gasteiger partial charge in [-0.25, -0.2) is 4.79 Å². The third-order valence-electron chi connectivity index (χ3n) is 6.74. The van der Waals surface area contributed by atoms with Gasteiger partial charge in [0.05, 0.1) is 13.2 Å². The SMILES string of the molecule is COc1ccc(C[C@@H]2C[C@@H](C(=O)O)N(C(=O)[C@H]3C[C@@H](c4ccccc4)CN3C)C2)cc1. The lowest BCUT2D eigenvalue weighted by atomic mass is 9.96. The molecule has 0 unspecified atom stereocenters. The smallest absolute Gasteiger partial charge is 0.326 e. The summed E-state index contributed by atoms with van der Waals surface area (Å²) in [6, 6.07) is 17.1. The number of carbonyl (C=O) groups excluding carboxylic acids is 1. The molecule has 4 atom stereocenters. The Morgan fingerprint density at radius 1 is 1.00 bits per heavy atom. The number of aliphatic carboxylic acids is 1. The van der Waals surface area contributed by atoms with Crippen LogP contribution in [-0.2, 0) is 16.0 Å². The quantitative estimate of drug-likeness (QED) is 0.775. The summed E-state index contributed by atoms with van der Waals surface area (Å²) in [5.41, 5.74) is 2.37. The van der Waals surface area contributed by atoms with Crippen molar-refractivity contribution in [3.63, 3.8) is 0 Å². The van der Waals surface area contributed by atoms with Gasteiger partial charge in [0.1, 0.15) is 11.8 Å². The molecule has 0 bridgehead atoms. The van der Waals surface area contributed by atoms with Crippen molar-refractivity contribution in [2.75, 3.05) is 27.2 Å². The lowest BCUT2D eigenvalue weighted by molar-refractivity contribution is -0.149. The lowest BCUT2D eigenvalue weighted by Crippen LogP contribution is -2.48. The first-order chi connectivity index (χ1) is 15.0. The average molecular weight is 423 g/mol. The molecule has 6 heteroatoms. The highest BCUT2D eigenvalue weighted by Gasteiger charge is 2.45. The molecule has 2 saturated heterocycles. The number of amides is 1. The van der Waals surface area contributed by atoms with E-state index in [1.165, 1.54) is 5.56 Å². The number of hydrogen-bond acceptors (Lipinski definition) is 4. The minimum atomic E-state index is -0.911. The van der Waals surface area contributed by atoms with Crippen molar-refractivity contribution >= 4 is 11.9 Å². The van der Waals surface area contributed by atoms with Crippen LogP contribution >= 0.6 is 0 Å². The molecule has 0 radical (unpaired) electrons. The summed E-state index contributed by atoms with van der Waals surface area (Å²) in [5, 5.41) is 9.80. The maximum atomic E-state index is 13.4. The van der Waals surface area contributed by atoms with Crippen molar-refractivity contribution in [2.45, 2.75) is 37.3 Å². The maximum Gasteiger partial charge on any atom is 0.326 e. The molecule has 0 saturated carbocycles. The van der Waals surface area contributed by atoms with Gasteiger partial charge in [0.2, 0.25) is 5.91 Å². The topological polar surface area (TPSA) is 70.1 Å². The Kier molecular flexibility index (Phi) is 6.28. The van der Waals surface area contributed by atoms with Crippen molar-refractivity contribution in [2.24, 2.45) is 5.92 Å². The summed E-state index contributed by atoms with van der Waals surface area (Å²) in [4.78, 5) is 29.1. The second kappa shape index (κ2) is 9.10. The monoisotopic (exact) mass is 422 g/mol. The Morgan fingerprint density at radius 2 is 1.71 bits per heavy atom. The summed E-state index contributed by atoms with van der Waals surface area (Å²) in [7, 11) is 3.60. The van der Waals surface area contributed by atoms with E-state index in [9.17, 15) is 14.7 Å². The minimum absolute atomic E-state index is 0.0504. The molecule has 2 heterocycles. The predicted octanol–water partition coefficient (Wildman–Crippen LogP) is 3.03. The molecule has 0 aromatic heterocycles. The van der Waals surface area contributed by atoms with Gasteiger partial charge in [-0.2, -0.15) is 0 Å². The number of nitrogens with zero attached hydrogens (tertiary/aromatic N) is 2. The first-order valence-corrected chi connectivity index (χ1v) is 10.9. The van der Waals surface area contributed by atoms with E-state index in [1.807, 2.05) is 49.5 Å². The molecular formula is C25H30N2O4. The molecule has 2 aliphatic rings. The van der Waals surface area contributed by atoms with Crippen molar-refractivity contribution in [3.05, 3.63) is 65.7 Å². The van der Waals surface area contributed by atoms with Gasteiger partial charge < -0.3 is 14.7 Å². The van der Waals surface area contributed by atoms with Gasteiger partial charge in [-0.05, 0) is 61.4 Å². The molecule has 0 aliphatic carbocycles. The third kappa shape index (κ3) is 4.59. The van der Waals surface area contributed by atoms with Crippen molar-refractivity contribution in [1.29, 1.82) is 0 Å². The van der Waals surface area contributed by atoms with Crippen molar-refractivity contribution in [3.8, 4) is 5.75 Å². The van der Waals surface area contributed by atoms with Gasteiger partial charge in [-0.1, -0.05) is 42.5 Å². The number of carboxylic acids is 1. The van der Waals surface area contributed by atoms with E-state index in [1.54, 1.807) is 12.0 Å². The number of carboxylic acid groups (broad SMARTS) is 1. The summed E-state index contributed by atoms with van der Waals surface area (Å²) in [6.45, 7) is 1.30. The molecule has 164 valence electrons. The van der Waals surface area contributed by atoms with Crippen LogP contribution in [-0.4, -0.2) is 66.1 Å². The molecule has 0 spiro atoms. The molecule has 2 fully saturated rings. The summed E-state index contributed by atoms with van der Waals surface area (Å²) in [5.74, 6) is 0.264. The highest BCUT2D eigenvalue weighted by molar-refractivity contribution is 5.88. The normalized spacial score (nSPS) is 26.2. The standard InChI is InChI=1S/C25H30N2O4/c1-26-16-20(19-6-4-3-5-7-19)14-22(26)24(28)27-15-18(13-23(27)25(29)30)12-17-8-10-21(31-2)11-9-17/h3-11,18,20,22-23H,12-16H2,1-2H3,(H,29,30)/t18-,20-,22-,23+/m1/s1. The molecule has 2 aromatic carbocycles. The van der Waals surface area contributed by atoms with E-state index in [-0.39, 0.29) is 17.9 Å². The molecule has 2 aromatic rings. The molecule has 1 N–H and O–H groups in total. The number of benzene rings is 2. The number of methoxy groups -OCH3 is 1. The highest BCUT2D eigenvalue weighted by atomic mass is 16.5. The van der Waals surface area contributed by atoms with Crippen molar-refractivity contribution in [1.82, 2.24) is 9.80 Å². The number of ether oxygens (including phenoxy) is 1. The second-order valence-corrected chi connectivity index (χ2v) is 8.80. The molecule has 1 amide bonds. The van der Waals surface area contributed by atoms with Gasteiger partial charge >= 0.3 is 5.97 Å². The lowest BCUT2D eigenvalue weighted by Gasteiger charge is -2.28. The molecular weight excluding hydrogens is 392 g/mol. The van der Waals surface area contributed by atoms with Gasteiger partial charge in [-0.15, -0.1) is 0 Å². The Balaban J connectivity index is 1.45. The van der Waals surface area contributed by atoms with Crippen LogP contribution in [0.2, 0.25) is 0 Å². The van der Waals surface area contributed by atoms with E-state index < -0.39 is 12.0 Å². The Hall–Kier alpha value is -2.86. The van der Waals surface area contributed by atoms with Crippen LogP contribution in [0.25, 0.3) is 0 Å². The molecule has 6 nitrogen and oxygen atoms in total. The zero-order valence-corrected chi connectivity index (χ0v) is 18.1. The van der Waals surface area contributed by atoms with Gasteiger partial charge in [0.25, 0.3) is 0 Å². The Labute approximate surface area is 183 Å². The molecule has 4 rings (SSSR count). The van der Waals surface area contributed by atoms with E-state index in [0.717, 1.165) is 30.7 Å². The first-order valence-electron chi connectivity index (χ1n) is 10.9. The number of likely N-dealkylation sites (tertiary alicyclic amines) is 2. The minimum Gasteiger partial charge on any atom is -0.497 e. The number of rotatable bonds is 6. The first kappa shape index (κ1) is 21.4. The third-order valence-corrected chi connectivity index (χ3v) is 6.74. The predicted molar refractivity (Wildman–Crippen MR) is 118 cm³/mol. The van der Waals surface area contributed by atoms with Crippen LogP contribution in [0.3, 0.4) is 0 Å². The Bertz CT molecular complexity index is 915. The fourth-order valence-electron chi connectivity index (χ4n) is 5.09. The van der Waals surface area contributed by atoms with Gasteiger partial charge in [0.15, 0.2) is 0 Å². The average Bonchev–Trinajstić information content (AvgIpc) is 3.38. The largest absolute Gasteiger partial charge is 0.497 e. The van der Waals surface area contributed by atoms with Crippen LogP contribution in [0.1, 0.15) is 29.9 Å². The van der Waals surface area contributed by atoms with E-state index in [2.05, 4.69) is 17.0 Å². The fraction of sp³-hybridized carbons (Fsp3) is 0.440. The second-order valence-electron chi connectivity index (χ2n) is 8.80. The van der Waals surface area contributed by atoms with Crippen molar-refractivity contribution < 1.29 is 19.4 Å². The van der Waals surface area contributed by atoms with E-state index in [4.69, 9.17) is 4.74 Å². The summed E-state index contributed by atoms with van der Waals surface area (Å²) >= 11 is 0. The summed E-state index contributed by atoms with van der Waals surface area (Å²) < 4.78 is 5.21. The summed E-state index contributed by atoms with van der Waals surface area (Å²) in [6.07, 6.45) is 1.97. The van der Waals surface area contributed by atoms with Crippen LogP contribution in [0.5, 0.6) is 5.75 Å². The molecule has 2 aliphatic heterocycles. The van der Waals surface area contributed by atoms with Crippen LogP contribution < -0.4 is 4.74 Å². The zero-order chi connectivity index (χ0) is 22.0. The molecule has 31 heavy (non-hydrogen) atoms. The highest BCUT2D eigenvalue weighted by Crippen LogP contribution is 2.34. The number of carbonyl (C=O) groups is 2. The zero-order valence-electron chi connectivity index (χ0n) is 18.1. The van der Waals surface area contributed by atoms with Crippen LogP contribution in [0.4, 0.5) is 0 Å². The van der Waals surface area contributed by atoms with E-state index in [0.29, 0.717) is 18.9 Å². The van der Waals surface area contributed by atoms with Gasteiger partial charge in [0, 0.05) is 13.1 Å². The van der Waals surface area contributed by atoms with E-state index >= 15 is 0 Å². The van der Waals surface area contributed by atoms with Gasteiger partial charge in [-0.3, -0.25) is 9.69 Å². The number of hydrogen-bond donors (Lipinski definition) is 1.